The summed E-state index contributed by atoms with van der Waals surface area (Å²) >= 11 is 0. The van der Waals surface area contributed by atoms with Crippen LogP contribution in [0, 0.1) is 6.92 Å². The number of hydrogen-bond donors (Lipinski definition) is 1. The molecule has 94 valence electrons. The molecule has 1 unspecified atom stereocenters. The van der Waals surface area contributed by atoms with Gasteiger partial charge in [0.25, 0.3) is 0 Å². The molecule has 3 nitrogen and oxygen atoms in total. The van der Waals surface area contributed by atoms with E-state index in [4.69, 9.17) is 5.73 Å². The van der Waals surface area contributed by atoms with E-state index in [0.717, 1.165) is 5.56 Å². The van der Waals surface area contributed by atoms with Crippen LogP contribution in [0.3, 0.4) is 0 Å². The summed E-state index contributed by atoms with van der Waals surface area (Å²) in [4.78, 5) is 13.8. The first-order chi connectivity index (χ1) is 7.88. The molecule has 0 spiro atoms. The van der Waals surface area contributed by atoms with Crippen LogP contribution in [-0.4, -0.2) is 23.4 Å². The van der Waals surface area contributed by atoms with Crippen LogP contribution in [0.2, 0.25) is 0 Å². The molecule has 0 aliphatic rings. The minimum atomic E-state index is -0.766. The van der Waals surface area contributed by atoms with E-state index in [-0.39, 0.29) is 5.91 Å². The number of carbonyl (C=O) groups is 1. The molecule has 0 bridgehead atoms. The van der Waals surface area contributed by atoms with Gasteiger partial charge in [0.1, 0.15) is 0 Å². The Morgan fingerprint density at radius 2 is 2.00 bits per heavy atom. The number of carbonyl (C=O) groups excluding carboxylic acids is 1. The molecule has 1 amide bonds. The third kappa shape index (κ3) is 3.30. The first kappa shape index (κ1) is 13.7. The summed E-state index contributed by atoms with van der Waals surface area (Å²) in [6, 6.07) is 8.08. The van der Waals surface area contributed by atoms with Crippen LogP contribution in [0.1, 0.15) is 31.4 Å². The van der Waals surface area contributed by atoms with Crippen molar-refractivity contribution in [1.29, 1.82) is 0 Å². The lowest BCUT2D eigenvalue weighted by Crippen LogP contribution is -2.51. The zero-order valence-corrected chi connectivity index (χ0v) is 11.2. The molecule has 0 aliphatic carbocycles. The molecule has 1 atom stereocenters. The number of aryl methyl sites for hydroxylation is 1. The van der Waals surface area contributed by atoms with E-state index >= 15 is 0 Å². The second-order valence-electron chi connectivity index (χ2n) is 4.86. The van der Waals surface area contributed by atoms with Gasteiger partial charge in [-0.1, -0.05) is 31.2 Å². The molecule has 0 heterocycles. The molecule has 0 saturated heterocycles. The lowest BCUT2D eigenvalue weighted by molar-refractivity contribution is -0.135. The molecule has 1 aromatic rings. The van der Waals surface area contributed by atoms with Crippen LogP contribution in [-0.2, 0) is 11.3 Å². The van der Waals surface area contributed by atoms with Crippen molar-refractivity contribution in [2.24, 2.45) is 5.73 Å². The van der Waals surface area contributed by atoms with Crippen LogP contribution >= 0.6 is 0 Å². The first-order valence-electron chi connectivity index (χ1n) is 5.97. The third-order valence-corrected chi connectivity index (χ3v) is 3.24. The van der Waals surface area contributed by atoms with Crippen LogP contribution in [0.25, 0.3) is 0 Å². The van der Waals surface area contributed by atoms with Gasteiger partial charge in [0.05, 0.1) is 5.54 Å². The van der Waals surface area contributed by atoms with Crippen LogP contribution < -0.4 is 5.73 Å². The minimum absolute atomic E-state index is 0.0109. The van der Waals surface area contributed by atoms with Crippen LogP contribution in [0.4, 0.5) is 0 Å². The van der Waals surface area contributed by atoms with Gasteiger partial charge in [0.2, 0.25) is 5.91 Å². The van der Waals surface area contributed by atoms with E-state index in [9.17, 15) is 4.79 Å². The highest BCUT2D eigenvalue weighted by Gasteiger charge is 2.29. The topological polar surface area (TPSA) is 46.3 Å². The molecule has 0 fully saturated rings. The average Bonchev–Trinajstić information content (AvgIpc) is 2.31. The van der Waals surface area contributed by atoms with Crippen LogP contribution in [0.5, 0.6) is 0 Å². The second kappa shape index (κ2) is 5.32. The van der Waals surface area contributed by atoms with E-state index in [2.05, 4.69) is 13.0 Å². The summed E-state index contributed by atoms with van der Waals surface area (Å²) in [6.45, 7) is 6.37. The van der Waals surface area contributed by atoms with Gasteiger partial charge >= 0.3 is 0 Å². The Morgan fingerprint density at radius 3 is 2.53 bits per heavy atom. The number of nitrogens with two attached hydrogens (primary N) is 1. The maximum Gasteiger partial charge on any atom is 0.242 e. The van der Waals surface area contributed by atoms with Gasteiger partial charge in [-0.15, -0.1) is 0 Å². The normalized spacial score (nSPS) is 14.2. The lowest BCUT2D eigenvalue weighted by Gasteiger charge is -2.28. The van der Waals surface area contributed by atoms with Crippen molar-refractivity contribution in [3.63, 3.8) is 0 Å². The monoisotopic (exact) mass is 234 g/mol. The van der Waals surface area contributed by atoms with Crippen molar-refractivity contribution < 1.29 is 4.79 Å². The highest BCUT2D eigenvalue weighted by atomic mass is 16.2. The number of hydrogen-bond acceptors (Lipinski definition) is 2. The Hall–Kier alpha value is -1.35. The summed E-state index contributed by atoms with van der Waals surface area (Å²) in [5.74, 6) is -0.0109. The number of amides is 1. The SMILES string of the molecule is CCC(C)(N)C(=O)N(C)Cc1ccccc1C. The lowest BCUT2D eigenvalue weighted by atomic mass is 9.98. The Labute approximate surface area is 104 Å². The zero-order chi connectivity index (χ0) is 13.1. The number of likely N-dealkylation sites (N-methyl/N-ethyl adjacent to an activating group) is 1. The van der Waals surface area contributed by atoms with E-state index in [1.165, 1.54) is 5.56 Å². The molecule has 1 rings (SSSR count). The fourth-order valence-corrected chi connectivity index (χ4v) is 1.70. The highest BCUT2D eigenvalue weighted by molar-refractivity contribution is 5.85. The number of rotatable bonds is 4. The Kier molecular flexibility index (Phi) is 4.29. The van der Waals surface area contributed by atoms with Gasteiger partial charge in [-0.2, -0.15) is 0 Å². The number of benzene rings is 1. The van der Waals surface area contributed by atoms with Crippen molar-refractivity contribution in [1.82, 2.24) is 4.90 Å². The quantitative estimate of drug-likeness (QED) is 0.867. The van der Waals surface area contributed by atoms with Crippen molar-refractivity contribution in [2.75, 3.05) is 7.05 Å². The predicted molar refractivity (Wildman–Crippen MR) is 70.5 cm³/mol. The fourth-order valence-electron chi connectivity index (χ4n) is 1.70. The summed E-state index contributed by atoms with van der Waals surface area (Å²) in [6.07, 6.45) is 0.643. The smallest absolute Gasteiger partial charge is 0.242 e. The highest BCUT2D eigenvalue weighted by Crippen LogP contribution is 2.14. The van der Waals surface area contributed by atoms with Crippen LogP contribution in [0.15, 0.2) is 24.3 Å². The third-order valence-electron chi connectivity index (χ3n) is 3.24. The van der Waals surface area contributed by atoms with Gasteiger partial charge in [0.15, 0.2) is 0 Å². The Morgan fingerprint density at radius 1 is 1.41 bits per heavy atom. The van der Waals surface area contributed by atoms with Crippen molar-refractivity contribution >= 4 is 5.91 Å². The molecular formula is C14H22N2O. The zero-order valence-electron chi connectivity index (χ0n) is 11.2. The average molecular weight is 234 g/mol. The molecule has 0 radical (unpaired) electrons. The Balaban J connectivity index is 2.77. The van der Waals surface area contributed by atoms with E-state index < -0.39 is 5.54 Å². The largest absolute Gasteiger partial charge is 0.340 e. The van der Waals surface area contributed by atoms with Gasteiger partial charge in [-0.25, -0.2) is 0 Å². The van der Waals surface area contributed by atoms with Crippen molar-refractivity contribution in [3.8, 4) is 0 Å². The first-order valence-corrected chi connectivity index (χ1v) is 5.97. The molecule has 2 N–H and O–H groups in total. The summed E-state index contributed by atoms with van der Waals surface area (Å²) < 4.78 is 0. The second-order valence-corrected chi connectivity index (χ2v) is 4.86. The number of nitrogens with zero attached hydrogens (tertiary/aromatic N) is 1. The van der Waals surface area contributed by atoms with Gasteiger partial charge < -0.3 is 10.6 Å². The van der Waals surface area contributed by atoms with E-state index in [1.54, 1.807) is 18.9 Å². The summed E-state index contributed by atoms with van der Waals surface area (Å²) in [5.41, 5.74) is 7.55. The van der Waals surface area contributed by atoms with E-state index in [1.807, 2.05) is 25.1 Å². The standard InChI is InChI=1S/C14H22N2O/c1-5-14(3,15)13(17)16(4)10-12-9-7-6-8-11(12)2/h6-9H,5,10,15H2,1-4H3. The molecular weight excluding hydrogens is 212 g/mol. The molecule has 0 aliphatic heterocycles. The van der Waals surface area contributed by atoms with Gasteiger partial charge in [-0.05, 0) is 31.4 Å². The van der Waals surface area contributed by atoms with Crippen molar-refractivity contribution in [2.45, 2.75) is 39.3 Å². The minimum Gasteiger partial charge on any atom is -0.340 e. The fraction of sp³-hybridized carbons (Fsp3) is 0.500. The van der Waals surface area contributed by atoms with Crippen molar-refractivity contribution in [3.05, 3.63) is 35.4 Å². The summed E-state index contributed by atoms with van der Waals surface area (Å²) in [7, 11) is 1.80. The van der Waals surface area contributed by atoms with E-state index in [0.29, 0.717) is 13.0 Å². The molecule has 0 saturated carbocycles. The maximum absolute atomic E-state index is 12.1. The summed E-state index contributed by atoms with van der Waals surface area (Å²) in [5, 5.41) is 0. The molecule has 1 aromatic carbocycles. The molecule has 0 aromatic heterocycles. The molecule has 17 heavy (non-hydrogen) atoms. The van der Waals surface area contributed by atoms with Gasteiger partial charge in [0, 0.05) is 13.6 Å². The maximum atomic E-state index is 12.1. The Bertz CT molecular complexity index is 399. The molecule has 3 heteroatoms. The predicted octanol–water partition coefficient (Wildman–Crippen LogP) is 2.08. The van der Waals surface area contributed by atoms with Gasteiger partial charge in [-0.3, -0.25) is 4.79 Å².